The van der Waals surface area contributed by atoms with Crippen molar-refractivity contribution in [3.8, 4) is 0 Å². The van der Waals surface area contributed by atoms with Crippen LogP contribution < -0.4 is 11.1 Å². The van der Waals surface area contributed by atoms with E-state index in [0.29, 0.717) is 5.75 Å². The van der Waals surface area contributed by atoms with Crippen molar-refractivity contribution in [2.75, 3.05) is 5.75 Å². The number of hydrogen-bond donors (Lipinski definition) is 2. The van der Waals surface area contributed by atoms with Crippen LogP contribution in [-0.2, 0) is 4.79 Å². The SMILES string of the molecule is Cc1cc(C)c(C)c(SCCC(=O)NC(N)=O)c1C. The summed E-state index contributed by atoms with van der Waals surface area (Å²) < 4.78 is 0. The van der Waals surface area contributed by atoms with Gasteiger partial charge in [-0.05, 0) is 49.9 Å². The third-order valence-corrected chi connectivity index (χ3v) is 4.44. The van der Waals surface area contributed by atoms with Gasteiger partial charge in [-0.25, -0.2) is 4.79 Å². The maximum absolute atomic E-state index is 11.3. The van der Waals surface area contributed by atoms with Gasteiger partial charge in [-0.3, -0.25) is 10.1 Å². The quantitative estimate of drug-likeness (QED) is 0.833. The van der Waals surface area contributed by atoms with E-state index >= 15 is 0 Å². The van der Waals surface area contributed by atoms with Gasteiger partial charge < -0.3 is 5.73 Å². The summed E-state index contributed by atoms with van der Waals surface area (Å²) in [6.07, 6.45) is 0.277. The van der Waals surface area contributed by atoms with Gasteiger partial charge in [-0.15, -0.1) is 11.8 Å². The molecule has 0 spiro atoms. The molecule has 5 heteroatoms. The third-order valence-electron chi connectivity index (χ3n) is 3.14. The number of urea groups is 1. The van der Waals surface area contributed by atoms with Crippen LogP contribution in [0.3, 0.4) is 0 Å². The molecule has 104 valence electrons. The van der Waals surface area contributed by atoms with Crippen molar-refractivity contribution in [1.82, 2.24) is 5.32 Å². The summed E-state index contributed by atoms with van der Waals surface area (Å²) in [7, 11) is 0. The van der Waals surface area contributed by atoms with E-state index < -0.39 is 6.03 Å². The molecule has 3 amide bonds. The molecule has 0 fully saturated rings. The van der Waals surface area contributed by atoms with Gasteiger partial charge in [0.15, 0.2) is 0 Å². The van der Waals surface area contributed by atoms with Crippen LogP contribution in [0.15, 0.2) is 11.0 Å². The number of carbonyl (C=O) groups is 2. The Morgan fingerprint density at radius 3 is 2.16 bits per heavy atom. The predicted octanol–water partition coefficient (Wildman–Crippen LogP) is 2.60. The van der Waals surface area contributed by atoms with Crippen LogP contribution in [-0.4, -0.2) is 17.7 Å². The predicted molar refractivity (Wildman–Crippen MR) is 78.5 cm³/mol. The van der Waals surface area contributed by atoms with E-state index in [0.717, 1.165) is 0 Å². The lowest BCUT2D eigenvalue weighted by Crippen LogP contribution is -2.35. The van der Waals surface area contributed by atoms with Crippen LogP contribution in [0.25, 0.3) is 0 Å². The molecular weight excluding hydrogens is 260 g/mol. The molecule has 0 aliphatic rings. The number of thioether (sulfide) groups is 1. The van der Waals surface area contributed by atoms with Crippen molar-refractivity contribution in [3.05, 3.63) is 28.3 Å². The molecule has 0 aliphatic heterocycles. The van der Waals surface area contributed by atoms with Crippen molar-refractivity contribution < 1.29 is 9.59 Å². The molecule has 1 rings (SSSR count). The number of benzene rings is 1. The monoisotopic (exact) mass is 280 g/mol. The van der Waals surface area contributed by atoms with E-state index in [-0.39, 0.29) is 12.3 Å². The summed E-state index contributed by atoms with van der Waals surface area (Å²) in [6, 6.07) is 1.38. The van der Waals surface area contributed by atoms with Crippen molar-refractivity contribution >= 4 is 23.7 Å². The first-order chi connectivity index (χ1) is 8.82. The van der Waals surface area contributed by atoms with E-state index in [4.69, 9.17) is 5.73 Å². The number of amides is 3. The van der Waals surface area contributed by atoms with Gasteiger partial charge in [0.1, 0.15) is 0 Å². The molecule has 0 bridgehead atoms. The van der Waals surface area contributed by atoms with Crippen LogP contribution in [0.5, 0.6) is 0 Å². The Bertz CT molecular complexity index is 486. The normalized spacial score (nSPS) is 10.3. The lowest BCUT2D eigenvalue weighted by molar-refractivity contribution is -0.119. The zero-order valence-corrected chi connectivity index (χ0v) is 12.6. The fraction of sp³-hybridized carbons (Fsp3) is 0.429. The summed E-state index contributed by atoms with van der Waals surface area (Å²) in [5.41, 5.74) is 9.91. The zero-order chi connectivity index (χ0) is 14.6. The van der Waals surface area contributed by atoms with Gasteiger partial charge >= 0.3 is 6.03 Å². The molecule has 1 aromatic carbocycles. The second kappa shape index (κ2) is 6.61. The summed E-state index contributed by atoms with van der Waals surface area (Å²) >= 11 is 1.64. The highest BCUT2D eigenvalue weighted by atomic mass is 32.2. The Kier molecular flexibility index (Phi) is 5.42. The van der Waals surface area contributed by atoms with Crippen molar-refractivity contribution in [2.24, 2.45) is 5.73 Å². The first-order valence-electron chi connectivity index (χ1n) is 6.12. The van der Waals surface area contributed by atoms with E-state index in [1.54, 1.807) is 11.8 Å². The second-order valence-electron chi connectivity index (χ2n) is 4.60. The molecule has 0 saturated carbocycles. The van der Waals surface area contributed by atoms with Crippen LogP contribution in [0.4, 0.5) is 4.79 Å². The minimum absolute atomic E-state index is 0.277. The highest BCUT2D eigenvalue weighted by molar-refractivity contribution is 7.99. The fourth-order valence-corrected chi connectivity index (χ4v) is 3.09. The summed E-state index contributed by atoms with van der Waals surface area (Å²) in [5, 5.41) is 2.07. The average molecular weight is 280 g/mol. The molecule has 0 aliphatic carbocycles. The third kappa shape index (κ3) is 4.28. The highest BCUT2D eigenvalue weighted by Crippen LogP contribution is 2.31. The second-order valence-corrected chi connectivity index (χ2v) is 5.71. The van der Waals surface area contributed by atoms with Crippen molar-refractivity contribution in [2.45, 2.75) is 39.0 Å². The minimum atomic E-state index is -0.797. The van der Waals surface area contributed by atoms with Gasteiger partial charge in [0.2, 0.25) is 5.91 Å². The number of imide groups is 1. The first-order valence-corrected chi connectivity index (χ1v) is 7.11. The molecule has 1 aromatic rings. The van der Waals surface area contributed by atoms with E-state index in [1.165, 1.54) is 27.1 Å². The standard InChI is InChI=1S/C14H20N2O2S/c1-8-7-9(2)11(4)13(10(8)3)19-6-5-12(17)16-14(15)18/h7H,5-6H2,1-4H3,(H3,15,16,17,18). The number of primary amides is 1. The Balaban J connectivity index is 2.68. The largest absolute Gasteiger partial charge is 0.351 e. The van der Waals surface area contributed by atoms with Crippen LogP contribution in [0, 0.1) is 27.7 Å². The summed E-state index contributed by atoms with van der Waals surface area (Å²) in [6.45, 7) is 8.36. The summed E-state index contributed by atoms with van der Waals surface area (Å²) in [5.74, 6) is 0.295. The highest BCUT2D eigenvalue weighted by Gasteiger charge is 2.10. The number of nitrogens with two attached hydrogens (primary N) is 1. The Morgan fingerprint density at radius 1 is 1.16 bits per heavy atom. The average Bonchev–Trinajstić information content (AvgIpc) is 2.30. The van der Waals surface area contributed by atoms with Crippen LogP contribution in [0.1, 0.15) is 28.7 Å². The summed E-state index contributed by atoms with van der Waals surface area (Å²) in [4.78, 5) is 23.1. The smallest absolute Gasteiger partial charge is 0.318 e. The lowest BCUT2D eigenvalue weighted by Gasteiger charge is -2.14. The Morgan fingerprint density at radius 2 is 1.68 bits per heavy atom. The molecule has 0 unspecified atom stereocenters. The molecule has 3 N–H and O–H groups in total. The van der Waals surface area contributed by atoms with E-state index in [9.17, 15) is 9.59 Å². The fourth-order valence-electron chi connectivity index (χ4n) is 1.84. The van der Waals surface area contributed by atoms with Gasteiger partial charge in [0.25, 0.3) is 0 Å². The molecule has 19 heavy (non-hydrogen) atoms. The van der Waals surface area contributed by atoms with Gasteiger partial charge in [0, 0.05) is 17.1 Å². The van der Waals surface area contributed by atoms with Crippen molar-refractivity contribution in [1.29, 1.82) is 0 Å². The maximum Gasteiger partial charge on any atom is 0.318 e. The minimum Gasteiger partial charge on any atom is -0.351 e. The molecule has 4 nitrogen and oxygen atoms in total. The first kappa shape index (κ1) is 15.6. The Hall–Kier alpha value is -1.49. The number of carbonyl (C=O) groups excluding carboxylic acids is 2. The van der Waals surface area contributed by atoms with E-state index in [1.807, 2.05) is 0 Å². The molecule has 0 heterocycles. The maximum atomic E-state index is 11.3. The van der Waals surface area contributed by atoms with Gasteiger partial charge in [-0.2, -0.15) is 0 Å². The number of nitrogens with one attached hydrogen (secondary N) is 1. The lowest BCUT2D eigenvalue weighted by atomic mass is 10.0. The van der Waals surface area contributed by atoms with Gasteiger partial charge in [-0.1, -0.05) is 6.07 Å². The number of rotatable bonds is 4. The molecule has 0 saturated heterocycles. The molecule has 0 atom stereocenters. The van der Waals surface area contributed by atoms with E-state index in [2.05, 4.69) is 39.1 Å². The van der Waals surface area contributed by atoms with Crippen LogP contribution in [0.2, 0.25) is 0 Å². The molecular formula is C14H20N2O2S. The zero-order valence-electron chi connectivity index (χ0n) is 11.8. The molecule has 0 aromatic heterocycles. The number of aryl methyl sites for hydroxylation is 2. The topological polar surface area (TPSA) is 72.2 Å². The molecule has 0 radical (unpaired) electrons. The number of hydrogen-bond acceptors (Lipinski definition) is 3. The van der Waals surface area contributed by atoms with Crippen LogP contribution >= 0.6 is 11.8 Å². The van der Waals surface area contributed by atoms with Crippen molar-refractivity contribution in [3.63, 3.8) is 0 Å². The van der Waals surface area contributed by atoms with Gasteiger partial charge in [0.05, 0.1) is 0 Å². The Labute approximate surface area is 118 Å².